The molecule has 0 radical (unpaired) electrons. The van der Waals surface area contributed by atoms with Crippen LogP contribution in [0.15, 0.2) is 255 Å². The van der Waals surface area contributed by atoms with Crippen LogP contribution in [0.25, 0.3) is 44.5 Å². The zero-order chi connectivity index (χ0) is 47.1. The number of rotatable bonds is 14. The zero-order valence-electron chi connectivity index (χ0n) is 39.2. The van der Waals surface area contributed by atoms with Gasteiger partial charge in [-0.15, -0.1) is 0 Å². The van der Waals surface area contributed by atoms with Crippen LogP contribution in [0.4, 0.5) is 34.1 Å². The van der Waals surface area contributed by atoms with E-state index in [0.29, 0.717) is 12.1 Å². The van der Waals surface area contributed by atoms with Gasteiger partial charge in [0.1, 0.15) is 23.0 Å². The molecule has 5 heteroatoms. The molecule has 0 N–H and O–H groups in total. The third-order valence-electron chi connectivity index (χ3n) is 11.9. The van der Waals surface area contributed by atoms with Crippen LogP contribution in [-0.2, 0) is 0 Å². The minimum absolute atomic E-state index is 0.493. The minimum atomic E-state index is 0.493. The lowest BCUT2D eigenvalue weighted by molar-refractivity contribution is 0.414. The van der Waals surface area contributed by atoms with Gasteiger partial charge in [0, 0.05) is 34.1 Å². The maximum atomic E-state index is 8.06. The Morgan fingerprint density at radius 1 is 0.254 bits per heavy atom. The average Bonchev–Trinajstić information content (AvgIpc) is 3.40. The standard InChI is InChI=1S/C62H48N2O3/c1-65-59-41-33-57(34-42-59)63(53-25-13-47(14-26-53)45-9-5-3-6-10-45)55-29-17-49(18-30-55)51-21-37-61(38-22-51)67-62-39-23-52(24-40-62)50-19-31-56(32-20-50)64(58-35-43-60(66-2)44-36-58)54-27-15-48(16-28-54)46-11-7-4-8-12-46/h3-44H,1-2H3/i5T,7T. The number of methoxy groups -OCH3 is 2. The van der Waals surface area contributed by atoms with Gasteiger partial charge in [-0.2, -0.15) is 0 Å². The lowest BCUT2D eigenvalue weighted by Gasteiger charge is -2.26. The van der Waals surface area contributed by atoms with E-state index in [-0.39, 0.29) is 0 Å². The van der Waals surface area contributed by atoms with Crippen molar-refractivity contribution < 1.29 is 17.0 Å². The summed E-state index contributed by atoms with van der Waals surface area (Å²) in [5.74, 6) is 3.11. The largest absolute Gasteiger partial charge is 0.497 e. The third kappa shape index (κ3) is 9.54. The van der Waals surface area contributed by atoms with E-state index in [1.807, 2.05) is 84.9 Å². The highest BCUT2D eigenvalue weighted by Gasteiger charge is 2.16. The molecule has 0 aromatic heterocycles. The fraction of sp³-hybridized carbons (Fsp3) is 0.0323. The Bertz CT molecular complexity index is 3060. The summed E-state index contributed by atoms with van der Waals surface area (Å²) < 4.78 is 33.4. The highest BCUT2D eigenvalue weighted by Crippen LogP contribution is 2.40. The van der Waals surface area contributed by atoms with Gasteiger partial charge in [-0.1, -0.05) is 133 Å². The predicted octanol–water partition coefficient (Wildman–Crippen LogP) is 17.1. The molecular weight excluding hydrogens is 821 g/mol. The van der Waals surface area contributed by atoms with E-state index in [4.69, 9.17) is 17.0 Å². The monoisotopic (exact) mass is 872 g/mol. The second kappa shape index (κ2) is 19.5. The SMILES string of the molecule is [3H]c1cccc(-c2ccc(N(c3ccc(OC)cc3)c3ccc(-c4ccc(Oc5ccc(-c6ccc(N(c7ccc(OC)cc7)c7ccc(-c8cccc([3H])c8)cc7)cc6)cc5)cc4)cc3)cc2)c1. The number of ether oxygens (including phenoxy) is 3. The molecule has 324 valence electrons. The minimum Gasteiger partial charge on any atom is -0.497 e. The maximum absolute atomic E-state index is 8.06. The molecule has 0 spiro atoms. The molecular formula is C62H48N2O3. The van der Waals surface area contributed by atoms with Crippen LogP contribution in [-0.4, -0.2) is 14.2 Å². The van der Waals surface area contributed by atoms with Crippen molar-refractivity contribution in [1.82, 2.24) is 0 Å². The summed E-state index contributed by atoms with van der Waals surface area (Å²) >= 11 is 0. The molecule has 0 bridgehead atoms. The van der Waals surface area contributed by atoms with Crippen LogP contribution in [0, 0.1) is 0 Å². The maximum Gasteiger partial charge on any atom is 0.127 e. The van der Waals surface area contributed by atoms with E-state index in [1.54, 1.807) is 26.4 Å². The number of benzene rings is 10. The topological polar surface area (TPSA) is 34.2 Å². The molecule has 0 unspecified atom stereocenters. The molecule has 0 amide bonds. The summed E-state index contributed by atoms with van der Waals surface area (Å²) in [6, 6.07) is 82.9. The van der Waals surface area contributed by atoms with Gasteiger partial charge in [-0.25, -0.2) is 0 Å². The van der Waals surface area contributed by atoms with Gasteiger partial charge in [-0.05, 0) is 166 Å². The Morgan fingerprint density at radius 3 is 0.731 bits per heavy atom. The first-order chi connectivity index (χ1) is 33.9. The summed E-state index contributed by atoms with van der Waals surface area (Å²) in [5.41, 5.74) is 14.6. The predicted molar refractivity (Wildman–Crippen MR) is 277 cm³/mol. The lowest BCUT2D eigenvalue weighted by Crippen LogP contribution is -2.09. The summed E-state index contributed by atoms with van der Waals surface area (Å²) in [6.07, 6.45) is 0. The van der Waals surface area contributed by atoms with Crippen LogP contribution in [0.1, 0.15) is 2.74 Å². The molecule has 10 aromatic carbocycles. The van der Waals surface area contributed by atoms with Gasteiger partial charge in [0.15, 0.2) is 0 Å². The van der Waals surface area contributed by atoms with Crippen molar-refractivity contribution in [3.8, 4) is 67.5 Å². The van der Waals surface area contributed by atoms with Gasteiger partial charge >= 0.3 is 0 Å². The molecule has 0 atom stereocenters. The average molecular weight is 873 g/mol. The van der Waals surface area contributed by atoms with Crippen LogP contribution in [0.3, 0.4) is 0 Å². The van der Waals surface area contributed by atoms with Crippen LogP contribution in [0.2, 0.25) is 0 Å². The van der Waals surface area contributed by atoms with Gasteiger partial charge in [0.2, 0.25) is 0 Å². The summed E-state index contributed by atoms with van der Waals surface area (Å²) in [4.78, 5) is 4.46. The quantitative estimate of drug-likeness (QED) is 0.109. The summed E-state index contributed by atoms with van der Waals surface area (Å²) in [7, 11) is 3.35. The van der Waals surface area contributed by atoms with Crippen molar-refractivity contribution in [2.75, 3.05) is 24.0 Å². The Labute approximate surface area is 395 Å². The molecule has 0 fully saturated rings. The number of nitrogens with zero attached hydrogens (tertiary/aromatic N) is 2. The molecule has 0 aliphatic rings. The van der Waals surface area contributed by atoms with Crippen molar-refractivity contribution in [1.29, 1.82) is 0 Å². The number of anilines is 6. The Hall–Kier alpha value is -8.80. The third-order valence-corrected chi connectivity index (χ3v) is 11.9. The van der Waals surface area contributed by atoms with Gasteiger partial charge in [0.05, 0.1) is 17.0 Å². The molecule has 0 aliphatic heterocycles. The fourth-order valence-electron chi connectivity index (χ4n) is 8.28. The van der Waals surface area contributed by atoms with Gasteiger partial charge in [-0.3, -0.25) is 0 Å². The molecule has 10 rings (SSSR count). The number of hydrogen-bond acceptors (Lipinski definition) is 5. The number of hydrogen-bond donors (Lipinski definition) is 0. The highest BCUT2D eigenvalue weighted by atomic mass is 16.5. The molecule has 10 aromatic rings. The first kappa shape index (κ1) is 39.8. The molecule has 0 heterocycles. The first-order valence-electron chi connectivity index (χ1n) is 23.2. The fourth-order valence-corrected chi connectivity index (χ4v) is 8.28. The van der Waals surface area contributed by atoms with Gasteiger partial charge in [0.25, 0.3) is 0 Å². The van der Waals surface area contributed by atoms with Gasteiger partial charge < -0.3 is 24.0 Å². The summed E-state index contributed by atoms with van der Waals surface area (Å²) in [6.45, 7) is 0. The van der Waals surface area contributed by atoms with E-state index in [0.717, 1.165) is 102 Å². The van der Waals surface area contributed by atoms with E-state index >= 15 is 0 Å². The van der Waals surface area contributed by atoms with Crippen molar-refractivity contribution in [2.24, 2.45) is 0 Å². The second-order valence-electron chi connectivity index (χ2n) is 16.0. The molecule has 0 saturated heterocycles. The normalized spacial score (nSPS) is 11.3. The molecule has 0 aliphatic carbocycles. The van der Waals surface area contributed by atoms with Crippen molar-refractivity contribution in [3.63, 3.8) is 0 Å². The Balaban J connectivity index is 0.824. The Kier molecular flexibility index (Phi) is 11.6. The molecule has 0 saturated carbocycles. The van der Waals surface area contributed by atoms with Crippen molar-refractivity contribution in [2.45, 2.75) is 0 Å². The first-order valence-corrected chi connectivity index (χ1v) is 22.2. The lowest BCUT2D eigenvalue weighted by atomic mass is 10.0. The van der Waals surface area contributed by atoms with Crippen LogP contribution < -0.4 is 24.0 Å². The van der Waals surface area contributed by atoms with E-state index in [9.17, 15) is 0 Å². The zero-order valence-corrected chi connectivity index (χ0v) is 37.2. The van der Waals surface area contributed by atoms with Crippen LogP contribution in [0.5, 0.6) is 23.0 Å². The highest BCUT2D eigenvalue weighted by molar-refractivity contribution is 5.82. The smallest absolute Gasteiger partial charge is 0.127 e. The van der Waals surface area contributed by atoms with Crippen molar-refractivity contribution in [3.05, 3.63) is 255 Å². The van der Waals surface area contributed by atoms with E-state index < -0.39 is 0 Å². The van der Waals surface area contributed by atoms with Crippen molar-refractivity contribution >= 4 is 34.1 Å². The second-order valence-corrected chi connectivity index (χ2v) is 16.0. The summed E-state index contributed by atoms with van der Waals surface area (Å²) in [5, 5.41) is 0. The van der Waals surface area contributed by atoms with E-state index in [1.165, 1.54) is 0 Å². The Morgan fingerprint density at radius 2 is 0.478 bits per heavy atom. The van der Waals surface area contributed by atoms with E-state index in [2.05, 4.69) is 155 Å². The van der Waals surface area contributed by atoms with Crippen LogP contribution >= 0.6 is 0 Å². The molecule has 67 heavy (non-hydrogen) atoms. The molecule has 5 nitrogen and oxygen atoms in total.